The molecule has 0 bridgehead atoms. The Hall–Kier alpha value is -1.84. The van der Waals surface area contributed by atoms with Crippen molar-refractivity contribution in [3.05, 3.63) is 29.8 Å². The van der Waals surface area contributed by atoms with Crippen LogP contribution in [0.4, 0.5) is 0 Å². The monoisotopic (exact) mass is 261 g/mol. The first-order chi connectivity index (χ1) is 9.19. The van der Waals surface area contributed by atoms with Gasteiger partial charge in [-0.15, -0.1) is 0 Å². The molecule has 2 rings (SSSR count). The Labute approximate surface area is 113 Å². The molecule has 1 aromatic carbocycles. The molecule has 1 amide bonds. The minimum atomic E-state index is 0.0252. The first kappa shape index (κ1) is 13.6. The quantitative estimate of drug-likeness (QED) is 0.830. The molecule has 102 valence electrons. The SMILES string of the molecule is CCOc1ccc(CC(=O)N2CCCC(=O)C2)cc1. The number of carbonyl (C=O) groups is 2. The number of benzene rings is 1. The smallest absolute Gasteiger partial charge is 0.227 e. The molecule has 19 heavy (non-hydrogen) atoms. The van der Waals surface area contributed by atoms with Crippen molar-refractivity contribution < 1.29 is 14.3 Å². The van der Waals surface area contributed by atoms with Crippen LogP contribution in [0.2, 0.25) is 0 Å². The summed E-state index contributed by atoms with van der Waals surface area (Å²) in [5.41, 5.74) is 0.950. The summed E-state index contributed by atoms with van der Waals surface area (Å²) in [6.07, 6.45) is 1.74. The summed E-state index contributed by atoms with van der Waals surface area (Å²) >= 11 is 0. The summed E-state index contributed by atoms with van der Waals surface area (Å²) < 4.78 is 5.36. The van der Waals surface area contributed by atoms with E-state index < -0.39 is 0 Å². The molecule has 1 saturated heterocycles. The fourth-order valence-corrected chi connectivity index (χ4v) is 2.21. The second-order valence-electron chi connectivity index (χ2n) is 4.71. The van der Waals surface area contributed by atoms with Crippen LogP contribution in [0.25, 0.3) is 0 Å². The van der Waals surface area contributed by atoms with Gasteiger partial charge < -0.3 is 9.64 Å². The number of rotatable bonds is 4. The third-order valence-electron chi connectivity index (χ3n) is 3.19. The van der Waals surface area contributed by atoms with Gasteiger partial charge in [0.1, 0.15) is 5.75 Å². The van der Waals surface area contributed by atoms with Gasteiger partial charge in [0, 0.05) is 13.0 Å². The molecular weight excluding hydrogens is 242 g/mol. The molecule has 0 unspecified atom stereocenters. The van der Waals surface area contributed by atoms with Gasteiger partial charge in [-0.1, -0.05) is 12.1 Å². The Morgan fingerprint density at radius 3 is 2.68 bits per heavy atom. The minimum absolute atomic E-state index is 0.0252. The molecule has 1 fully saturated rings. The fraction of sp³-hybridized carbons (Fsp3) is 0.467. The van der Waals surface area contributed by atoms with E-state index in [9.17, 15) is 9.59 Å². The van der Waals surface area contributed by atoms with E-state index in [0.717, 1.165) is 17.7 Å². The van der Waals surface area contributed by atoms with Crippen molar-refractivity contribution in [3.63, 3.8) is 0 Å². The van der Waals surface area contributed by atoms with Crippen molar-refractivity contribution in [2.45, 2.75) is 26.2 Å². The average Bonchev–Trinajstić information content (AvgIpc) is 2.41. The van der Waals surface area contributed by atoms with E-state index in [-0.39, 0.29) is 18.2 Å². The van der Waals surface area contributed by atoms with Gasteiger partial charge in [0.2, 0.25) is 5.91 Å². The van der Waals surface area contributed by atoms with E-state index in [4.69, 9.17) is 4.74 Å². The van der Waals surface area contributed by atoms with Gasteiger partial charge in [0.05, 0.1) is 19.6 Å². The van der Waals surface area contributed by atoms with E-state index >= 15 is 0 Å². The van der Waals surface area contributed by atoms with E-state index in [1.165, 1.54) is 0 Å². The third kappa shape index (κ3) is 3.81. The Kier molecular flexibility index (Phi) is 4.55. The van der Waals surface area contributed by atoms with Crippen molar-refractivity contribution in [3.8, 4) is 5.75 Å². The Balaban J connectivity index is 1.92. The van der Waals surface area contributed by atoms with Crippen LogP contribution in [0, 0.1) is 0 Å². The maximum absolute atomic E-state index is 12.1. The van der Waals surface area contributed by atoms with Crippen LogP contribution in [0.3, 0.4) is 0 Å². The molecule has 1 aliphatic heterocycles. The molecule has 1 heterocycles. The molecule has 0 N–H and O–H groups in total. The number of likely N-dealkylation sites (tertiary alicyclic amines) is 1. The molecule has 1 aliphatic rings. The van der Waals surface area contributed by atoms with Crippen LogP contribution in [0.5, 0.6) is 5.75 Å². The number of carbonyl (C=O) groups excluding carboxylic acids is 2. The molecule has 1 aromatic rings. The van der Waals surface area contributed by atoms with Crippen LogP contribution < -0.4 is 4.74 Å². The van der Waals surface area contributed by atoms with Crippen LogP contribution in [0.1, 0.15) is 25.3 Å². The van der Waals surface area contributed by atoms with Gasteiger partial charge in [-0.05, 0) is 31.0 Å². The number of hydrogen-bond acceptors (Lipinski definition) is 3. The number of piperidine rings is 1. The normalized spacial score (nSPS) is 15.4. The largest absolute Gasteiger partial charge is 0.494 e. The van der Waals surface area contributed by atoms with Crippen LogP contribution >= 0.6 is 0 Å². The van der Waals surface area contributed by atoms with E-state index in [1.807, 2.05) is 31.2 Å². The first-order valence-corrected chi connectivity index (χ1v) is 6.70. The lowest BCUT2D eigenvalue weighted by atomic mass is 10.1. The summed E-state index contributed by atoms with van der Waals surface area (Å²) in [5, 5.41) is 0. The standard InChI is InChI=1S/C15H19NO3/c1-2-19-14-7-5-12(6-8-14)10-15(18)16-9-3-4-13(17)11-16/h5-8H,2-4,9-11H2,1H3. The summed E-state index contributed by atoms with van der Waals surface area (Å²) in [6.45, 7) is 3.54. The highest BCUT2D eigenvalue weighted by atomic mass is 16.5. The zero-order chi connectivity index (χ0) is 13.7. The van der Waals surface area contributed by atoms with E-state index in [2.05, 4.69) is 0 Å². The van der Waals surface area contributed by atoms with Crippen molar-refractivity contribution >= 4 is 11.7 Å². The number of hydrogen-bond donors (Lipinski definition) is 0. The molecule has 0 aromatic heterocycles. The summed E-state index contributed by atoms with van der Waals surface area (Å²) in [7, 11) is 0. The van der Waals surface area contributed by atoms with Crippen LogP contribution in [0.15, 0.2) is 24.3 Å². The van der Waals surface area contributed by atoms with Crippen molar-refractivity contribution in [1.29, 1.82) is 0 Å². The second kappa shape index (κ2) is 6.36. The lowest BCUT2D eigenvalue weighted by Gasteiger charge is -2.25. The fourth-order valence-electron chi connectivity index (χ4n) is 2.21. The van der Waals surface area contributed by atoms with E-state index in [1.54, 1.807) is 4.90 Å². The molecule has 4 nitrogen and oxygen atoms in total. The Bertz CT molecular complexity index is 453. The predicted octanol–water partition coefficient (Wildman–Crippen LogP) is 1.82. The molecule has 4 heteroatoms. The number of amides is 1. The number of Topliss-reactive ketones (excluding diaryl/α,β-unsaturated/α-hetero) is 1. The lowest BCUT2D eigenvalue weighted by molar-refractivity contribution is -0.137. The molecule has 0 radical (unpaired) electrons. The van der Waals surface area contributed by atoms with E-state index in [0.29, 0.717) is 26.0 Å². The molecular formula is C15H19NO3. The molecule has 0 atom stereocenters. The second-order valence-corrected chi connectivity index (χ2v) is 4.71. The van der Waals surface area contributed by atoms with Crippen LogP contribution in [-0.4, -0.2) is 36.3 Å². The number of nitrogens with zero attached hydrogens (tertiary/aromatic N) is 1. The maximum Gasteiger partial charge on any atom is 0.227 e. The zero-order valence-corrected chi connectivity index (χ0v) is 11.2. The predicted molar refractivity (Wildman–Crippen MR) is 72.1 cm³/mol. The molecule has 0 aliphatic carbocycles. The maximum atomic E-state index is 12.1. The van der Waals surface area contributed by atoms with Gasteiger partial charge in [-0.25, -0.2) is 0 Å². The van der Waals surface area contributed by atoms with Gasteiger partial charge in [-0.3, -0.25) is 9.59 Å². The third-order valence-corrected chi connectivity index (χ3v) is 3.19. The van der Waals surface area contributed by atoms with Crippen LogP contribution in [-0.2, 0) is 16.0 Å². The highest BCUT2D eigenvalue weighted by Crippen LogP contribution is 2.14. The Morgan fingerprint density at radius 1 is 1.32 bits per heavy atom. The zero-order valence-electron chi connectivity index (χ0n) is 11.2. The van der Waals surface area contributed by atoms with Crippen molar-refractivity contribution in [1.82, 2.24) is 4.90 Å². The van der Waals surface area contributed by atoms with Gasteiger partial charge in [-0.2, -0.15) is 0 Å². The average molecular weight is 261 g/mol. The topological polar surface area (TPSA) is 46.6 Å². The Morgan fingerprint density at radius 2 is 2.05 bits per heavy atom. The highest BCUT2D eigenvalue weighted by Gasteiger charge is 2.21. The molecule has 0 saturated carbocycles. The summed E-state index contributed by atoms with van der Waals surface area (Å²) in [6, 6.07) is 7.53. The van der Waals surface area contributed by atoms with Gasteiger partial charge in [0.25, 0.3) is 0 Å². The lowest BCUT2D eigenvalue weighted by Crippen LogP contribution is -2.40. The van der Waals surface area contributed by atoms with Crippen molar-refractivity contribution in [2.24, 2.45) is 0 Å². The van der Waals surface area contributed by atoms with Crippen molar-refractivity contribution in [2.75, 3.05) is 19.7 Å². The summed E-state index contributed by atoms with van der Waals surface area (Å²) in [5.74, 6) is 0.996. The highest BCUT2D eigenvalue weighted by molar-refractivity contribution is 5.88. The van der Waals surface area contributed by atoms with Gasteiger partial charge >= 0.3 is 0 Å². The number of ketones is 1. The first-order valence-electron chi connectivity index (χ1n) is 6.70. The molecule has 0 spiro atoms. The summed E-state index contributed by atoms with van der Waals surface area (Å²) in [4.78, 5) is 25.1. The number of ether oxygens (including phenoxy) is 1. The van der Waals surface area contributed by atoms with Gasteiger partial charge in [0.15, 0.2) is 5.78 Å². The minimum Gasteiger partial charge on any atom is -0.494 e.